The molecule has 2 heterocycles. The first-order chi connectivity index (χ1) is 14.7. The Balaban J connectivity index is 1.74. The number of alkyl halides is 3. The van der Waals surface area contributed by atoms with Crippen molar-refractivity contribution < 1.29 is 18.0 Å². The van der Waals surface area contributed by atoms with E-state index in [9.17, 15) is 18.0 Å². The van der Waals surface area contributed by atoms with Crippen LogP contribution in [0.4, 0.5) is 13.2 Å². The Morgan fingerprint density at radius 2 is 1.81 bits per heavy atom. The summed E-state index contributed by atoms with van der Waals surface area (Å²) in [5.74, 6) is 0.135. The fourth-order valence-electron chi connectivity index (χ4n) is 3.26. The van der Waals surface area contributed by atoms with Crippen LogP contribution in [0.5, 0.6) is 0 Å². The molecular weight excluding hydrogens is 409 g/mol. The number of halogens is 3. The molecule has 0 aliphatic rings. The summed E-state index contributed by atoms with van der Waals surface area (Å²) < 4.78 is 38.0. The van der Waals surface area contributed by atoms with Crippen molar-refractivity contribution in [2.24, 2.45) is 0 Å². The van der Waals surface area contributed by atoms with Gasteiger partial charge in [-0.25, -0.2) is 9.97 Å². The maximum Gasteiger partial charge on any atom is 0.419 e. The number of carbonyl (C=O) groups excluding carboxylic acids is 1. The number of aryl methyl sites for hydroxylation is 2. The topological polar surface area (TPSA) is 76.8 Å². The average molecular weight is 432 g/mol. The minimum Gasteiger partial charge on any atom is -0.336 e. The standard InChI is InChI=1S/C21H23F3N6O/c1-4-29(15(3)6-8-19-25-12-16(13-26-19)21(22,23)24)20(31)17-7-5-14(2)11-18(17)30-27-9-10-28-30/h5,7,9-13,15H,4,6,8H2,1-3H3/t15-/m0/s1. The molecule has 0 spiro atoms. The highest BCUT2D eigenvalue weighted by Gasteiger charge is 2.31. The molecule has 1 atom stereocenters. The molecule has 0 bridgehead atoms. The second kappa shape index (κ2) is 9.23. The third-order valence-electron chi connectivity index (χ3n) is 4.97. The Morgan fingerprint density at radius 1 is 1.16 bits per heavy atom. The van der Waals surface area contributed by atoms with Crippen molar-refractivity contribution in [1.29, 1.82) is 0 Å². The molecule has 0 unspecified atom stereocenters. The minimum absolute atomic E-state index is 0.171. The van der Waals surface area contributed by atoms with Gasteiger partial charge in [0.05, 0.1) is 29.2 Å². The summed E-state index contributed by atoms with van der Waals surface area (Å²) in [5.41, 5.74) is 1.15. The normalized spacial score (nSPS) is 12.6. The Kier molecular flexibility index (Phi) is 6.67. The van der Waals surface area contributed by atoms with E-state index < -0.39 is 11.7 Å². The number of carbonyl (C=O) groups is 1. The van der Waals surface area contributed by atoms with Gasteiger partial charge in [-0.05, 0) is 44.9 Å². The van der Waals surface area contributed by atoms with Gasteiger partial charge in [0.15, 0.2) is 0 Å². The molecule has 0 radical (unpaired) electrons. The average Bonchev–Trinajstić information content (AvgIpc) is 3.27. The van der Waals surface area contributed by atoms with Crippen molar-refractivity contribution in [3.63, 3.8) is 0 Å². The fourth-order valence-corrected chi connectivity index (χ4v) is 3.26. The second-order valence-electron chi connectivity index (χ2n) is 7.20. The first-order valence-electron chi connectivity index (χ1n) is 9.87. The maximum absolute atomic E-state index is 13.3. The monoisotopic (exact) mass is 432 g/mol. The van der Waals surface area contributed by atoms with E-state index in [0.717, 1.165) is 18.0 Å². The lowest BCUT2D eigenvalue weighted by molar-refractivity contribution is -0.138. The smallest absolute Gasteiger partial charge is 0.336 e. The highest BCUT2D eigenvalue weighted by atomic mass is 19.4. The third-order valence-corrected chi connectivity index (χ3v) is 4.97. The van der Waals surface area contributed by atoms with E-state index in [2.05, 4.69) is 20.2 Å². The van der Waals surface area contributed by atoms with Gasteiger partial charge in [0, 0.05) is 31.4 Å². The maximum atomic E-state index is 13.3. The summed E-state index contributed by atoms with van der Waals surface area (Å²) in [7, 11) is 0. The van der Waals surface area contributed by atoms with Crippen molar-refractivity contribution in [1.82, 2.24) is 29.9 Å². The van der Waals surface area contributed by atoms with Crippen LogP contribution in [0.2, 0.25) is 0 Å². The van der Waals surface area contributed by atoms with Crippen LogP contribution in [0.15, 0.2) is 43.0 Å². The zero-order valence-electron chi connectivity index (χ0n) is 17.5. The predicted octanol–water partition coefficient (Wildman–Crippen LogP) is 3.87. The van der Waals surface area contributed by atoms with E-state index in [1.54, 1.807) is 23.4 Å². The summed E-state index contributed by atoms with van der Waals surface area (Å²) in [6, 6.07) is 5.28. The Bertz CT molecular complexity index is 1020. The predicted molar refractivity (Wildman–Crippen MR) is 108 cm³/mol. The van der Waals surface area contributed by atoms with Crippen LogP contribution in [0.3, 0.4) is 0 Å². The highest BCUT2D eigenvalue weighted by molar-refractivity contribution is 5.98. The molecule has 10 heteroatoms. The van der Waals surface area contributed by atoms with Gasteiger partial charge in [-0.2, -0.15) is 28.2 Å². The van der Waals surface area contributed by atoms with Crippen LogP contribution in [0.25, 0.3) is 5.69 Å². The van der Waals surface area contributed by atoms with E-state index in [1.807, 2.05) is 32.9 Å². The molecule has 0 saturated heterocycles. The Labute approximate surface area is 177 Å². The molecule has 1 amide bonds. The second-order valence-corrected chi connectivity index (χ2v) is 7.20. The molecule has 7 nitrogen and oxygen atoms in total. The summed E-state index contributed by atoms with van der Waals surface area (Å²) in [5, 5.41) is 8.28. The molecule has 3 rings (SSSR count). The molecule has 0 aliphatic heterocycles. The van der Waals surface area contributed by atoms with Gasteiger partial charge < -0.3 is 4.90 Å². The van der Waals surface area contributed by atoms with E-state index in [1.165, 1.54) is 4.80 Å². The minimum atomic E-state index is -4.47. The third kappa shape index (κ3) is 5.25. The van der Waals surface area contributed by atoms with E-state index in [4.69, 9.17) is 0 Å². The Hall–Kier alpha value is -3.30. The number of amides is 1. The van der Waals surface area contributed by atoms with Crippen LogP contribution >= 0.6 is 0 Å². The molecule has 0 saturated carbocycles. The summed E-state index contributed by atoms with van der Waals surface area (Å²) in [6.45, 7) is 6.16. The van der Waals surface area contributed by atoms with E-state index in [0.29, 0.717) is 36.5 Å². The molecule has 0 fully saturated rings. The lowest BCUT2D eigenvalue weighted by atomic mass is 10.1. The van der Waals surface area contributed by atoms with Gasteiger partial charge in [-0.1, -0.05) is 6.07 Å². The largest absolute Gasteiger partial charge is 0.419 e. The van der Waals surface area contributed by atoms with Gasteiger partial charge in [-0.3, -0.25) is 4.79 Å². The molecule has 2 aromatic heterocycles. The van der Waals surface area contributed by atoms with E-state index >= 15 is 0 Å². The van der Waals surface area contributed by atoms with Crippen molar-refractivity contribution in [3.8, 4) is 5.69 Å². The van der Waals surface area contributed by atoms with Crippen LogP contribution in [0, 0.1) is 6.92 Å². The van der Waals surface area contributed by atoms with Crippen LogP contribution in [-0.4, -0.2) is 48.4 Å². The molecule has 0 aliphatic carbocycles. The first kappa shape index (κ1) is 22.4. The van der Waals surface area contributed by atoms with Gasteiger partial charge in [0.1, 0.15) is 5.82 Å². The number of rotatable bonds is 7. The number of aromatic nitrogens is 5. The van der Waals surface area contributed by atoms with Crippen LogP contribution in [0.1, 0.15) is 47.6 Å². The summed E-state index contributed by atoms with van der Waals surface area (Å²) in [4.78, 5) is 24.1. The van der Waals surface area contributed by atoms with E-state index in [-0.39, 0.29) is 11.9 Å². The van der Waals surface area contributed by atoms with Gasteiger partial charge in [0.25, 0.3) is 5.91 Å². The molecule has 31 heavy (non-hydrogen) atoms. The zero-order valence-corrected chi connectivity index (χ0v) is 17.5. The molecular formula is C21H23F3N6O. The highest BCUT2D eigenvalue weighted by Crippen LogP contribution is 2.28. The van der Waals surface area contributed by atoms with Crippen LogP contribution < -0.4 is 0 Å². The first-order valence-corrected chi connectivity index (χ1v) is 9.87. The van der Waals surface area contributed by atoms with Crippen molar-refractivity contribution in [3.05, 3.63) is 65.5 Å². The summed E-state index contributed by atoms with van der Waals surface area (Å²) >= 11 is 0. The number of nitrogens with zero attached hydrogens (tertiary/aromatic N) is 6. The van der Waals surface area contributed by atoms with Gasteiger partial charge in [0.2, 0.25) is 0 Å². The molecule has 0 N–H and O–H groups in total. The van der Waals surface area contributed by atoms with Gasteiger partial charge in [-0.15, -0.1) is 0 Å². The van der Waals surface area contributed by atoms with Crippen molar-refractivity contribution >= 4 is 5.91 Å². The van der Waals surface area contributed by atoms with Gasteiger partial charge >= 0.3 is 6.18 Å². The van der Waals surface area contributed by atoms with Crippen molar-refractivity contribution in [2.75, 3.05) is 6.54 Å². The SMILES string of the molecule is CCN(C(=O)c1ccc(C)cc1-n1nccn1)[C@@H](C)CCc1ncc(C(F)(F)F)cn1. The number of hydrogen-bond acceptors (Lipinski definition) is 5. The lowest BCUT2D eigenvalue weighted by Gasteiger charge is -2.29. The molecule has 164 valence electrons. The van der Waals surface area contributed by atoms with Crippen molar-refractivity contribution in [2.45, 2.75) is 45.8 Å². The summed E-state index contributed by atoms with van der Waals surface area (Å²) in [6.07, 6.45) is 1.04. The quantitative estimate of drug-likeness (QED) is 0.567. The zero-order chi connectivity index (χ0) is 22.6. The Morgan fingerprint density at radius 3 is 2.39 bits per heavy atom. The number of benzene rings is 1. The molecule has 3 aromatic rings. The lowest BCUT2D eigenvalue weighted by Crippen LogP contribution is -2.39. The fraction of sp³-hybridized carbons (Fsp3) is 0.381. The van der Waals surface area contributed by atoms with Crippen LogP contribution in [-0.2, 0) is 12.6 Å². The molecule has 1 aromatic carbocycles. The number of hydrogen-bond donors (Lipinski definition) is 0.